The third-order valence-corrected chi connectivity index (χ3v) is 6.87. The summed E-state index contributed by atoms with van der Waals surface area (Å²) in [5.74, 6) is -0.137. The summed E-state index contributed by atoms with van der Waals surface area (Å²) in [6.07, 6.45) is 0.299. The molecule has 2 aromatic carbocycles. The predicted octanol–water partition coefficient (Wildman–Crippen LogP) is 2.68. The Morgan fingerprint density at radius 1 is 1.10 bits per heavy atom. The summed E-state index contributed by atoms with van der Waals surface area (Å²) in [7, 11) is 1.08. The van der Waals surface area contributed by atoms with Crippen LogP contribution in [0.2, 0.25) is 0 Å². The number of methoxy groups -OCH3 is 3. The topological polar surface area (TPSA) is 82.1 Å². The number of hydrogen-bond donors (Lipinski definition) is 0. The number of rotatable bonds is 7. The Morgan fingerprint density at radius 2 is 1.73 bits per heavy atom. The highest BCUT2D eigenvalue weighted by Crippen LogP contribution is 2.39. The number of ether oxygens (including phenoxy) is 3. The Balaban J connectivity index is 2.03. The fourth-order valence-corrected chi connectivity index (χ4v) is 5.30. The SMILES string of the molecule is COc1cc(C(=O)N(Cc2ccccc2F)C2CCS(=O)(=O)C2)cc(OC)c1OC. The van der Waals surface area contributed by atoms with Gasteiger partial charge in [0, 0.05) is 23.7 Å². The Kier molecular flexibility index (Phi) is 6.50. The van der Waals surface area contributed by atoms with Crippen LogP contribution in [0.3, 0.4) is 0 Å². The van der Waals surface area contributed by atoms with E-state index in [1.807, 2.05) is 0 Å². The first-order valence-electron chi connectivity index (χ1n) is 9.34. The number of benzene rings is 2. The molecule has 0 bridgehead atoms. The van der Waals surface area contributed by atoms with Crippen LogP contribution in [0.1, 0.15) is 22.3 Å². The van der Waals surface area contributed by atoms with Gasteiger partial charge in [0.2, 0.25) is 5.75 Å². The molecule has 1 heterocycles. The maximum absolute atomic E-state index is 14.3. The van der Waals surface area contributed by atoms with Gasteiger partial charge in [0.05, 0.1) is 32.8 Å². The van der Waals surface area contributed by atoms with E-state index in [-0.39, 0.29) is 23.6 Å². The highest BCUT2D eigenvalue weighted by atomic mass is 32.2. The standard InChI is InChI=1S/C21H24FNO6S/c1-27-18-10-15(11-19(28-2)20(18)29-3)21(24)23(16-8-9-30(25,26)13-16)12-14-6-4-5-7-17(14)22/h4-7,10-11,16H,8-9,12-13H2,1-3H3. The van der Waals surface area contributed by atoms with Crippen molar-refractivity contribution in [3.8, 4) is 17.2 Å². The summed E-state index contributed by atoms with van der Waals surface area (Å²) < 4.78 is 54.3. The van der Waals surface area contributed by atoms with E-state index in [0.717, 1.165) is 0 Å². The second kappa shape index (κ2) is 8.91. The van der Waals surface area contributed by atoms with E-state index in [1.54, 1.807) is 18.2 Å². The van der Waals surface area contributed by atoms with Crippen molar-refractivity contribution in [2.45, 2.75) is 19.0 Å². The van der Waals surface area contributed by atoms with Crippen LogP contribution in [0.15, 0.2) is 36.4 Å². The minimum Gasteiger partial charge on any atom is -0.493 e. The maximum Gasteiger partial charge on any atom is 0.254 e. The van der Waals surface area contributed by atoms with Gasteiger partial charge >= 0.3 is 0 Å². The van der Waals surface area contributed by atoms with Crippen LogP contribution in [-0.4, -0.2) is 58.1 Å². The molecule has 1 amide bonds. The molecular weight excluding hydrogens is 413 g/mol. The molecule has 1 atom stereocenters. The van der Waals surface area contributed by atoms with Crippen molar-refractivity contribution in [1.82, 2.24) is 4.90 Å². The molecule has 7 nitrogen and oxygen atoms in total. The molecule has 1 aliphatic heterocycles. The van der Waals surface area contributed by atoms with Crippen molar-refractivity contribution in [2.24, 2.45) is 0 Å². The average Bonchev–Trinajstić information content (AvgIpc) is 3.10. The molecule has 30 heavy (non-hydrogen) atoms. The molecule has 0 N–H and O–H groups in total. The lowest BCUT2D eigenvalue weighted by atomic mass is 10.1. The van der Waals surface area contributed by atoms with Gasteiger partial charge in [-0.15, -0.1) is 0 Å². The molecule has 3 rings (SSSR count). The minimum atomic E-state index is -3.25. The van der Waals surface area contributed by atoms with Gasteiger partial charge in [-0.25, -0.2) is 12.8 Å². The zero-order chi connectivity index (χ0) is 21.9. The van der Waals surface area contributed by atoms with Gasteiger partial charge in [-0.3, -0.25) is 4.79 Å². The highest BCUT2D eigenvalue weighted by molar-refractivity contribution is 7.91. The highest BCUT2D eigenvalue weighted by Gasteiger charge is 2.36. The molecule has 1 saturated heterocycles. The van der Waals surface area contributed by atoms with Gasteiger partial charge < -0.3 is 19.1 Å². The van der Waals surface area contributed by atoms with Gasteiger partial charge in [-0.2, -0.15) is 0 Å². The summed E-state index contributed by atoms with van der Waals surface area (Å²) in [6, 6.07) is 8.57. The van der Waals surface area contributed by atoms with Crippen LogP contribution >= 0.6 is 0 Å². The zero-order valence-corrected chi connectivity index (χ0v) is 17.9. The second-order valence-corrected chi connectivity index (χ2v) is 9.22. The molecule has 0 spiro atoms. The molecule has 9 heteroatoms. The minimum absolute atomic E-state index is 0.00598. The van der Waals surface area contributed by atoms with E-state index in [1.165, 1.54) is 44.4 Å². The second-order valence-electron chi connectivity index (χ2n) is 7.00. The van der Waals surface area contributed by atoms with Gasteiger partial charge in [-0.05, 0) is 24.6 Å². The molecule has 0 aliphatic carbocycles. The average molecular weight is 437 g/mol. The molecule has 1 unspecified atom stereocenters. The molecule has 1 fully saturated rings. The molecule has 2 aromatic rings. The third kappa shape index (κ3) is 4.51. The Labute approximate surface area is 175 Å². The lowest BCUT2D eigenvalue weighted by molar-refractivity contribution is 0.0678. The molecule has 0 radical (unpaired) electrons. The molecule has 0 aromatic heterocycles. The van der Waals surface area contributed by atoms with Gasteiger partial charge in [0.25, 0.3) is 5.91 Å². The predicted molar refractivity (Wildman–Crippen MR) is 109 cm³/mol. The molecule has 162 valence electrons. The number of halogens is 1. The van der Waals surface area contributed by atoms with E-state index in [9.17, 15) is 17.6 Å². The monoisotopic (exact) mass is 437 g/mol. The van der Waals surface area contributed by atoms with Gasteiger partial charge in [0.1, 0.15) is 5.82 Å². The van der Waals surface area contributed by atoms with Crippen molar-refractivity contribution < 1.29 is 31.8 Å². The van der Waals surface area contributed by atoms with Crippen LogP contribution in [0.25, 0.3) is 0 Å². The fourth-order valence-electron chi connectivity index (χ4n) is 3.57. The van der Waals surface area contributed by atoms with E-state index < -0.39 is 27.6 Å². The number of carbonyl (C=O) groups excluding carboxylic acids is 1. The zero-order valence-electron chi connectivity index (χ0n) is 17.1. The lowest BCUT2D eigenvalue weighted by Crippen LogP contribution is -2.40. The maximum atomic E-state index is 14.3. The summed E-state index contributed by atoms with van der Waals surface area (Å²) in [5.41, 5.74) is 0.535. The van der Waals surface area contributed by atoms with Crippen molar-refractivity contribution in [3.63, 3.8) is 0 Å². The molecule has 1 aliphatic rings. The summed E-state index contributed by atoms with van der Waals surface area (Å²) in [5, 5.41) is 0. The number of hydrogen-bond acceptors (Lipinski definition) is 6. The fraction of sp³-hybridized carbons (Fsp3) is 0.381. The normalized spacial score (nSPS) is 17.4. The largest absolute Gasteiger partial charge is 0.493 e. The smallest absolute Gasteiger partial charge is 0.254 e. The van der Waals surface area contributed by atoms with Gasteiger partial charge in [-0.1, -0.05) is 18.2 Å². The molecular formula is C21H24FNO6S. The van der Waals surface area contributed by atoms with Gasteiger partial charge in [0.15, 0.2) is 21.3 Å². The van der Waals surface area contributed by atoms with Crippen molar-refractivity contribution in [2.75, 3.05) is 32.8 Å². The third-order valence-electron chi connectivity index (χ3n) is 5.12. The Morgan fingerprint density at radius 3 is 2.23 bits per heavy atom. The summed E-state index contributed by atoms with van der Waals surface area (Å²) in [6.45, 7) is -0.0532. The van der Waals surface area contributed by atoms with Crippen LogP contribution in [-0.2, 0) is 16.4 Å². The van der Waals surface area contributed by atoms with E-state index in [4.69, 9.17) is 14.2 Å². The van der Waals surface area contributed by atoms with Crippen molar-refractivity contribution in [3.05, 3.63) is 53.3 Å². The van der Waals surface area contributed by atoms with Crippen molar-refractivity contribution >= 4 is 15.7 Å². The van der Waals surface area contributed by atoms with E-state index in [0.29, 0.717) is 29.2 Å². The first kappa shape index (κ1) is 21.9. The lowest BCUT2D eigenvalue weighted by Gasteiger charge is -2.29. The van der Waals surface area contributed by atoms with Crippen molar-refractivity contribution in [1.29, 1.82) is 0 Å². The Hall–Kier alpha value is -2.81. The molecule has 0 saturated carbocycles. The van der Waals surface area contributed by atoms with E-state index >= 15 is 0 Å². The number of carbonyl (C=O) groups is 1. The quantitative estimate of drug-likeness (QED) is 0.663. The van der Waals surface area contributed by atoms with Crippen LogP contribution in [0.5, 0.6) is 17.2 Å². The van der Waals surface area contributed by atoms with E-state index in [2.05, 4.69) is 0 Å². The number of sulfone groups is 1. The first-order chi connectivity index (χ1) is 14.3. The van der Waals surface area contributed by atoms with Crippen LogP contribution in [0, 0.1) is 5.82 Å². The number of amides is 1. The first-order valence-corrected chi connectivity index (χ1v) is 11.2. The van der Waals surface area contributed by atoms with Crippen LogP contribution in [0.4, 0.5) is 4.39 Å². The van der Waals surface area contributed by atoms with Crippen LogP contribution < -0.4 is 14.2 Å². The summed E-state index contributed by atoms with van der Waals surface area (Å²) >= 11 is 0. The number of nitrogens with zero attached hydrogens (tertiary/aromatic N) is 1. The Bertz CT molecular complexity index is 1010. The summed E-state index contributed by atoms with van der Waals surface area (Å²) in [4.78, 5) is 14.9.